The summed E-state index contributed by atoms with van der Waals surface area (Å²) in [6.07, 6.45) is 1.41. The molecule has 0 bridgehead atoms. The van der Waals surface area contributed by atoms with Crippen molar-refractivity contribution in [1.82, 2.24) is 14.9 Å². The number of rotatable bonds is 6. The first-order valence-electron chi connectivity index (χ1n) is 11.1. The lowest BCUT2D eigenvalue weighted by molar-refractivity contribution is -0.0543. The predicted octanol–water partition coefficient (Wildman–Crippen LogP) is 5.04. The molecule has 1 aliphatic heterocycles. The molecule has 1 saturated heterocycles. The molecule has 8 nitrogen and oxygen atoms in total. The molecule has 1 N–H and O–H groups in total. The second-order valence-electron chi connectivity index (χ2n) is 7.92. The van der Waals surface area contributed by atoms with Gasteiger partial charge in [0, 0.05) is 31.1 Å². The highest BCUT2D eigenvalue weighted by Gasteiger charge is 2.30. The first kappa shape index (κ1) is 22.7. The van der Waals surface area contributed by atoms with Gasteiger partial charge in [0.15, 0.2) is 11.7 Å². The van der Waals surface area contributed by atoms with E-state index < -0.39 is 0 Å². The Morgan fingerprint density at radius 3 is 2.45 bits per heavy atom. The van der Waals surface area contributed by atoms with Gasteiger partial charge in [-0.05, 0) is 56.2 Å². The summed E-state index contributed by atoms with van der Waals surface area (Å²) in [6, 6.07) is 15.1. The van der Waals surface area contributed by atoms with Crippen LogP contribution in [0, 0.1) is 0 Å². The lowest BCUT2D eigenvalue weighted by atomic mass is 9.97. The molecule has 0 radical (unpaired) electrons. The van der Waals surface area contributed by atoms with Crippen molar-refractivity contribution in [3.8, 4) is 34.1 Å². The monoisotopic (exact) mass is 451 g/mol. The van der Waals surface area contributed by atoms with Crippen LogP contribution in [0.3, 0.4) is 0 Å². The quantitative estimate of drug-likeness (QED) is 0.417. The van der Waals surface area contributed by atoms with Gasteiger partial charge in [0.25, 0.3) is 0 Å². The molecule has 4 rings (SSSR count). The van der Waals surface area contributed by atoms with Gasteiger partial charge in [0.2, 0.25) is 0 Å². The number of carbonyl (C=O) groups excluding carboxylic acids is 1. The van der Waals surface area contributed by atoms with E-state index in [0.717, 1.165) is 27.6 Å². The minimum atomic E-state index is -0.364. The number of ether oxygens (including phenoxy) is 2. The SMILES string of the molecule is CCN(O)C(=O)N1CCC(c2nc(-c3ccc(OC)cc3)c(-c3ccccc3OC)o2)CC1. The first-order valence-corrected chi connectivity index (χ1v) is 11.1. The van der Waals surface area contributed by atoms with Crippen LogP contribution < -0.4 is 9.47 Å². The third kappa shape index (κ3) is 4.66. The Balaban J connectivity index is 1.66. The van der Waals surface area contributed by atoms with E-state index in [9.17, 15) is 10.0 Å². The number of likely N-dealkylation sites (tertiary alicyclic amines) is 1. The maximum Gasteiger partial charge on any atom is 0.343 e. The minimum Gasteiger partial charge on any atom is -0.497 e. The fourth-order valence-corrected chi connectivity index (χ4v) is 4.09. The zero-order valence-electron chi connectivity index (χ0n) is 19.2. The van der Waals surface area contributed by atoms with E-state index in [0.29, 0.717) is 43.3 Å². The number of benzene rings is 2. The number of hydroxylamine groups is 2. The van der Waals surface area contributed by atoms with Crippen molar-refractivity contribution in [2.75, 3.05) is 33.9 Å². The standard InChI is InChI=1S/C25H29N3O5/c1-4-28(30)25(29)27-15-13-18(14-16-27)24-26-22(17-9-11-19(31-2)12-10-17)23(33-24)20-7-5-6-8-21(20)32-3/h5-12,18,30H,4,13-16H2,1-3H3. The van der Waals surface area contributed by atoms with E-state index in [4.69, 9.17) is 18.9 Å². The van der Waals surface area contributed by atoms with E-state index in [1.807, 2.05) is 48.5 Å². The average molecular weight is 452 g/mol. The lowest BCUT2D eigenvalue weighted by Gasteiger charge is -2.32. The van der Waals surface area contributed by atoms with Crippen LogP contribution in [-0.4, -0.2) is 60.0 Å². The molecule has 2 aromatic carbocycles. The molecule has 1 fully saturated rings. The number of hydrogen-bond donors (Lipinski definition) is 1. The molecule has 174 valence electrons. The molecule has 0 aliphatic carbocycles. The molecule has 0 atom stereocenters. The molecule has 2 amide bonds. The summed E-state index contributed by atoms with van der Waals surface area (Å²) in [4.78, 5) is 18.8. The molecule has 2 heterocycles. The van der Waals surface area contributed by atoms with Crippen LogP contribution >= 0.6 is 0 Å². The van der Waals surface area contributed by atoms with Gasteiger partial charge < -0.3 is 18.8 Å². The molecule has 0 saturated carbocycles. The number of urea groups is 1. The highest BCUT2D eigenvalue weighted by atomic mass is 16.5. The number of nitrogens with zero attached hydrogens (tertiary/aromatic N) is 3. The smallest absolute Gasteiger partial charge is 0.343 e. The molecule has 0 unspecified atom stereocenters. The van der Waals surface area contributed by atoms with E-state index >= 15 is 0 Å². The molecule has 3 aromatic rings. The number of amides is 2. The Morgan fingerprint density at radius 2 is 1.82 bits per heavy atom. The van der Waals surface area contributed by atoms with Crippen molar-refractivity contribution < 1.29 is 23.9 Å². The molecular formula is C25H29N3O5. The predicted molar refractivity (Wildman–Crippen MR) is 124 cm³/mol. The first-order chi connectivity index (χ1) is 16.0. The van der Waals surface area contributed by atoms with Gasteiger partial charge in [-0.15, -0.1) is 0 Å². The number of oxazole rings is 1. The maximum absolute atomic E-state index is 12.3. The molecule has 0 spiro atoms. The number of piperidine rings is 1. The summed E-state index contributed by atoms with van der Waals surface area (Å²) in [5.74, 6) is 2.84. The van der Waals surface area contributed by atoms with Crippen molar-refractivity contribution in [3.05, 3.63) is 54.4 Å². The topological polar surface area (TPSA) is 88.3 Å². The van der Waals surface area contributed by atoms with Crippen LogP contribution in [0.15, 0.2) is 52.9 Å². The lowest BCUT2D eigenvalue weighted by Crippen LogP contribution is -2.45. The number of methoxy groups -OCH3 is 2. The zero-order chi connectivity index (χ0) is 23.4. The highest BCUT2D eigenvalue weighted by molar-refractivity contribution is 5.80. The Morgan fingerprint density at radius 1 is 1.12 bits per heavy atom. The Bertz CT molecular complexity index is 1090. The summed E-state index contributed by atoms with van der Waals surface area (Å²) in [5, 5.41) is 10.5. The Labute approximate surface area is 193 Å². The fraction of sp³-hybridized carbons (Fsp3) is 0.360. The van der Waals surface area contributed by atoms with Crippen molar-refractivity contribution in [3.63, 3.8) is 0 Å². The fourth-order valence-electron chi connectivity index (χ4n) is 4.09. The second kappa shape index (κ2) is 9.95. The largest absolute Gasteiger partial charge is 0.497 e. The summed E-state index contributed by atoms with van der Waals surface area (Å²) in [5.41, 5.74) is 2.48. The second-order valence-corrected chi connectivity index (χ2v) is 7.92. The van der Waals surface area contributed by atoms with Gasteiger partial charge >= 0.3 is 6.03 Å². The van der Waals surface area contributed by atoms with Gasteiger partial charge in [0.1, 0.15) is 17.2 Å². The van der Waals surface area contributed by atoms with E-state index in [1.54, 1.807) is 26.0 Å². The molecule has 1 aliphatic rings. The molecule has 8 heteroatoms. The Hall–Kier alpha value is -3.52. The normalized spacial score (nSPS) is 14.2. The highest BCUT2D eigenvalue weighted by Crippen LogP contribution is 2.41. The van der Waals surface area contributed by atoms with Crippen LogP contribution in [0.25, 0.3) is 22.6 Å². The van der Waals surface area contributed by atoms with Crippen molar-refractivity contribution in [2.24, 2.45) is 0 Å². The number of aromatic nitrogens is 1. The van der Waals surface area contributed by atoms with E-state index in [1.165, 1.54) is 0 Å². The molecule has 1 aromatic heterocycles. The third-order valence-electron chi connectivity index (χ3n) is 5.99. The summed E-state index contributed by atoms with van der Waals surface area (Å²) in [6.45, 7) is 3.05. The van der Waals surface area contributed by atoms with Crippen molar-refractivity contribution in [1.29, 1.82) is 0 Å². The Kier molecular flexibility index (Phi) is 6.84. The minimum absolute atomic E-state index is 0.0725. The number of carbonyl (C=O) groups is 1. The van der Waals surface area contributed by atoms with Crippen LogP contribution in [0.1, 0.15) is 31.6 Å². The van der Waals surface area contributed by atoms with Crippen molar-refractivity contribution >= 4 is 6.03 Å². The summed E-state index contributed by atoms with van der Waals surface area (Å²) >= 11 is 0. The van der Waals surface area contributed by atoms with Gasteiger partial charge in [0.05, 0.1) is 19.8 Å². The van der Waals surface area contributed by atoms with Gasteiger partial charge in [-0.25, -0.2) is 14.8 Å². The average Bonchev–Trinajstić information content (AvgIpc) is 3.33. The third-order valence-corrected chi connectivity index (χ3v) is 5.99. The van der Waals surface area contributed by atoms with Gasteiger partial charge in [-0.1, -0.05) is 12.1 Å². The molecular weight excluding hydrogens is 422 g/mol. The van der Waals surface area contributed by atoms with Crippen LogP contribution in [0.4, 0.5) is 4.79 Å². The number of hydrogen-bond acceptors (Lipinski definition) is 6. The van der Waals surface area contributed by atoms with Crippen molar-refractivity contribution in [2.45, 2.75) is 25.7 Å². The van der Waals surface area contributed by atoms with Gasteiger partial charge in [-0.3, -0.25) is 5.21 Å². The number of para-hydroxylation sites is 1. The van der Waals surface area contributed by atoms with Crippen LogP contribution in [0.5, 0.6) is 11.5 Å². The van der Waals surface area contributed by atoms with Crippen LogP contribution in [-0.2, 0) is 0 Å². The maximum atomic E-state index is 12.3. The zero-order valence-corrected chi connectivity index (χ0v) is 19.2. The van der Waals surface area contributed by atoms with E-state index in [2.05, 4.69) is 0 Å². The summed E-state index contributed by atoms with van der Waals surface area (Å²) in [7, 11) is 3.27. The van der Waals surface area contributed by atoms with Gasteiger partial charge in [-0.2, -0.15) is 0 Å². The summed E-state index contributed by atoms with van der Waals surface area (Å²) < 4.78 is 17.2. The van der Waals surface area contributed by atoms with E-state index in [-0.39, 0.29) is 18.5 Å². The molecule has 33 heavy (non-hydrogen) atoms. The van der Waals surface area contributed by atoms with Crippen LogP contribution in [0.2, 0.25) is 0 Å².